The highest BCUT2D eigenvalue weighted by molar-refractivity contribution is 6.42. The number of likely N-dealkylation sites (tertiary alicyclic amines) is 1. The number of anilines is 2. The number of nitrogens with zero attached hydrogens (tertiary/aromatic N) is 1. The highest BCUT2D eigenvalue weighted by Gasteiger charge is 2.23. The first-order valence-corrected chi connectivity index (χ1v) is 7.45. The van der Waals surface area contributed by atoms with E-state index in [-0.39, 0.29) is 0 Å². The molecule has 1 heterocycles. The molecule has 106 valence electrons. The molecule has 0 bridgehead atoms. The van der Waals surface area contributed by atoms with Crippen molar-refractivity contribution in [2.75, 3.05) is 30.7 Å². The minimum absolute atomic E-state index is 0.497. The summed E-state index contributed by atoms with van der Waals surface area (Å²) in [5.41, 5.74) is 7.45. The Kier molecular flexibility index (Phi) is 4.82. The van der Waals surface area contributed by atoms with Crippen LogP contribution in [-0.2, 0) is 0 Å². The van der Waals surface area contributed by atoms with E-state index in [0.717, 1.165) is 18.8 Å². The van der Waals surface area contributed by atoms with E-state index in [1.54, 1.807) is 12.1 Å². The molecule has 1 aromatic carbocycles. The number of benzene rings is 1. The van der Waals surface area contributed by atoms with Gasteiger partial charge in [0.1, 0.15) is 0 Å². The lowest BCUT2D eigenvalue weighted by Gasteiger charge is -2.20. The third-order valence-corrected chi connectivity index (χ3v) is 4.44. The third-order valence-electron chi connectivity index (χ3n) is 3.72. The summed E-state index contributed by atoms with van der Waals surface area (Å²) < 4.78 is 0. The Bertz CT molecular complexity index is 449. The van der Waals surface area contributed by atoms with E-state index in [9.17, 15) is 0 Å². The molecule has 0 spiro atoms. The van der Waals surface area contributed by atoms with Crippen molar-refractivity contribution < 1.29 is 0 Å². The maximum atomic E-state index is 6.01. The van der Waals surface area contributed by atoms with Crippen molar-refractivity contribution in [3.63, 3.8) is 0 Å². The maximum Gasteiger partial charge on any atom is 0.0614 e. The average molecular weight is 302 g/mol. The topological polar surface area (TPSA) is 41.3 Å². The SMILES string of the molecule is CC(C)N1CCC(CNc2cc(Cl)c(Cl)cc2N)C1. The quantitative estimate of drug-likeness (QED) is 0.833. The Labute approximate surface area is 125 Å². The predicted octanol–water partition coefficient (Wildman–Crippen LogP) is 3.72. The van der Waals surface area contributed by atoms with E-state index in [1.807, 2.05) is 0 Å². The van der Waals surface area contributed by atoms with Gasteiger partial charge < -0.3 is 16.0 Å². The van der Waals surface area contributed by atoms with Crippen molar-refractivity contribution >= 4 is 34.6 Å². The number of rotatable bonds is 4. The Balaban J connectivity index is 1.91. The van der Waals surface area contributed by atoms with Crippen LogP contribution in [0.2, 0.25) is 10.0 Å². The molecule has 1 fully saturated rings. The van der Waals surface area contributed by atoms with E-state index >= 15 is 0 Å². The lowest BCUT2D eigenvalue weighted by molar-refractivity contribution is 0.266. The van der Waals surface area contributed by atoms with Gasteiger partial charge in [-0.25, -0.2) is 0 Å². The molecule has 0 saturated carbocycles. The molecule has 1 atom stereocenters. The van der Waals surface area contributed by atoms with Gasteiger partial charge >= 0.3 is 0 Å². The lowest BCUT2D eigenvalue weighted by atomic mass is 10.1. The van der Waals surface area contributed by atoms with E-state index in [1.165, 1.54) is 13.0 Å². The normalized spacial score (nSPS) is 20.2. The molecule has 3 nitrogen and oxygen atoms in total. The average Bonchev–Trinajstić information content (AvgIpc) is 2.81. The van der Waals surface area contributed by atoms with Crippen LogP contribution in [0.1, 0.15) is 20.3 Å². The van der Waals surface area contributed by atoms with Gasteiger partial charge in [0.25, 0.3) is 0 Å². The van der Waals surface area contributed by atoms with Crippen LogP contribution in [0.4, 0.5) is 11.4 Å². The molecule has 2 rings (SSSR count). The Hall–Kier alpha value is -0.640. The summed E-state index contributed by atoms with van der Waals surface area (Å²) in [5, 5.41) is 4.42. The van der Waals surface area contributed by atoms with Gasteiger partial charge in [-0.1, -0.05) is 23.2 Å². The fourth-order valence-electron chi connectivity index (χ4n) is 2.47. The summed E-state index contributed by atoms with van der Waals surface area (Å²) in [5.74, 6) is 0.663. The molecule has 1 aliphatic heterocycles. The Morgan fingerprint density at radius 1 is 1.37 bits per heavy atom. The van der Waals surface area contributed by atoms with Crippen molar-refractivity contribution in [3.8, 4) is 0 Å². The minimum Gasteiger partial charge on any atom is -0.397 e. The molecule has 1 aromatic rings. The third kappa shape index (κ3) is 3.68. The minimum atomic E-state index is 0.497. The van der Waals surface area contributed by atoms with E-state index in [2.05, 4.69) is 24.1 Å². The zero-order valence-corrected chi connectivity index (χ0v) is 12.9. The van der Waals surface area contributed by atoms with E-state index < -0.39 is 0 Å². The number of nitrogens with two attached hydrogens (primary N) is 1. The van der Waals surface area contributed by atoms with Crippen molar-refractivity contribution in [2.45, 2.75) is 26.3 Å². The first-order valence-electron chi connectivity index (χ1n) is 6.69. The van der Waals surface area contributed by atoms with Gasteiger partial charge in [-0.2, -0.15) is 0 Å². The molecule has 1 aliphatic rings. The van der Waals surface area contributed by atoms with Gasteiger partial charge in [0.15, 0.2) is 0 Å². The van der Waals surface area contributed by atoms with E-state index in [0.29, 0.717) is 27.7 Å². The first-order chi connectivity index (χ1) is 8.97. The number of halogens is 2. The molecule has 19 heavy (non-hydrogen) atoms. The van der Waals surface area contributed by atoms with Crippen molar-refractivity contribution in [1.82, 2.24) is 4.90 Å². The van der Waals surface area contributed by atoms with Crippen LogP contribution in [0.5, 0.6) is 0 Å². The second-order valence-electron chi connectivity index (χ2n) is 5.48. The van der Waals surface area contributed by atoms with Crippen molar-refractivity contribution in [1.29, 1.82) is 0 Å². The zero-order valence-electron chi connectivity index (χ0n) is 11.4. The van der Waals surface area contributed by atoms with Crippen LogP contribution in [0.3, 0.4) is 0 Å². The number of hydrogen-bond acceptors (Lipinski definition) is 3. The van der Waals surface area contributed by atoms with Gasteiger partial charge in [0, 0.05) is 19.1 Å². The first kappa shape index (κ1) is 14.8. The molecule has 3 N–H and O–H groups in total. The largest absolute Gasteiger partial charge is 0.397 e. The summed E-state index contributed by atoms with van der Waals surface area (Å²) >= 11 is 11.9. The van der Waals surface area contributed by atoms with Crippen LogP contribution in [0.15, 0.2) is 12.1 Å². The van der Waals surface area contributed by atoms with Crippen molar-refractivity contribution in [3.05, 3.63) is 22.2 Å². The lowest BCUT2D eigenvalue weighted by Crippen LogP contribution is -2.29. The fourth-order valence-corrected chi connectivity index (χ4v) is 2.80. The highest BCUT2D eigenvalue weighted by Crippen LogP contribution is 2.31. The number of nitrogens with one attached hydrogen (secondary N) is 1. The van der Waals surface area contributed by atoms with Crippen LogP contribution >= 0.6 is 23.2 Å². The summed E-state index contributed by atoms with van der Waals surface area (Å²) in [6.07, 6.45) is 1.23. The molecule has 0 aliphatic carbocycles. The smallest absolute Gasteiger partial charge is 0.0614 e. The van der Waals surface area contributed by atoms with E-state index in [4.69, 9.17) is 28.9 Å². The fraction of sp³-hybridized carbons (Fsp3) is 0.571. The summed E-state index contributed by atoms with van der Waals surface area (Å²) in [7, 11) is 0. The molecule has 1 saturated heterocycles. The molecule has 5 heteroatoms. The molecule has 0 amide bonds. The van der Waals surface area contributed by atoms with Crippen LogP contribution in [-0.4, -0.2) is 30.6 Å². The standard InChI is InChI=1S/C14H21Cl2N3/c1-9(2)19-4-3-10(8-19)7-18-14-6-12(16)11(15)5-13(14)17/h5-6,9-10,18H,3-4,7-8,17H2,1-2H3. The van der Waals surface area contributed by atoms with Gasteiger partial charge in [-0.05, 0) is 44.9 Å². The van der Waals surface area contributed by atoms with Crippen LogP contribution in [0, 0.1) is 5.92 Å². The maximum absolute atomic E-state index is 6.01. The summed E-state index contributed by atoms with van der Waals surface area (Å²) in [6.45, 7) is 7.73. The van der Waals surface area contributed by atoms with Crippen LogP contribution in [0.25, 0.3) is 0 Å². The predicted molar refractivity (Wildman–Crippen MR) is 84.2 cm³/mol. The second kappa shape index (κ2) is 6.21. The Morgan fingerprint density at radius 3 is 2.68 bits per heavy atom. The van der Waals surface area contributed by atoms with Gasteiger partial charge in [0.05, 0.1) is 21.4 Å². The molecule has 1 unspecified atom stereocenters. The molecular weight excluding hydrogens is 281 g/mol. The van der Waals surface area contributed by atoms with Crippen LogP contribution < -0.4 is 11.1 Å². The summed E-state index contributed by atoms with van der Waals surface area (Å²) in [4.78, 5) is 2.50. The second-order valence-corrected chi connectivity index (χ2v) is 6.29. The zero-order chi connectivity index (χ0) is 14.0. The van der Waals surface area contributed by atoms with Gasteiger partial charge in [-0.15, -0.1) is 0 Å². The molecular formula is C14H21Cl2N3. The monoisotopic (exact) mass is 301 g/mol. The number of nitrogen functional groups attached to an aromatic ring is 1. The Morgan fingerprint density at radius 2 is 2.05 bits per heavy atom. The van der Waals surface area contributed by atoms with Crippen molar-refractivity contribution in [2.24, 2.45) is 5.92 Å². The molecule has 0 radical (unpaired) electrons. The number of hydrogen-bond donors (Lipinski definition) is 2. The van der Waals surface area contributed by atoms with Gasteiger partial charge in [-0.3, -0.25) is 0 Å². The molecule has 0 aromatic heterocycles. The summed E-state index contributed by atoms with van der Waals surface area (Å²) in [6, 6.07) is 4.12. The highest BCUT2D eigenvalue weighted by atomic mass is 35.5. The van der Waals surface area contributed by atoms with Gasteiger partial charge in [0.2, 0.25) is 0 Å².